The quantitative estimate of drug-likeness (QED) is 0.857. The number of hydrogen-bond donors (Lipinski definition) is 1. The monoisotopic (exact) mass is 362 g/mol. The number of halogens is 1. The van der Waals surface area contributed by atoms with Crippen LogP contribution in [0.2, 0.25) is 0 Å². The van der Waals surface area contributed by atoms with Crippen molar-refractivity contribution in [2.45, 2.75) is 19.4 Å². The van der Waals surface area contributed by atoms with Crippen LogP contribution in [0.25, 0.3) is 0 Å². The summed E-state index contributed by atoms with van der Waals surface area (Å²) < 4.78 is 39.2. The molecule has 3 rings (SSSR count). The molecule has 0 saturated heterocycles. The standard InChI is InChI=1S/C18H19FN2O3S/c19-16-7-5-14(6-8-16)13-20-18(22)10-12-25(23,24)21-11-9-15-3-1-2-4-17(15)21/h1-8H,9-13H2,(H,20,22). The third kappa shape index (κ3) is 4.17. The molecule has 0 bridgehead atoms. The minimum Gasteiger partial charge on any atom is -0.352 e. The third-order valence-electron chi connectivity index (χ3n) is 4.17. The van der Waals surface area contributed by atoms with Crippen LogP contribution in [0.15, 0.2) is 48.5 Å². The minimum absolute atomic E-state index is 0.109. The molecule has 0 radical (unpaired) electrons. The minimum atomic E-state index is -3.53. The first-order valence-electron chi connectivity index (χ1n) is 8.05. The van der Waals surface area contributed by atoms with E-state index in [0.29, 0.717) is 18.7 Å². The number of sulfonamides is 1. The predicted octanol–water partition coefficient (Wildman–Crippen LogP) is 2.22. The van der Waals surface area contributed by atoms with Gasteiger partial charge in [-0.3, -0.25) is 9.10 Å². The second-order valence-corrected chi connectivity index (χ2v) is 7.93. The van der Waals surface area contributed by atoms with Crippen molar-refractivity contribution in [2.75, 3.05) is 16.6 Å². The van der Waals surface area contributed by atoms with Crippen molar-refractivity contribution in [1.82, 2.24) is 5.32 Å². The molecule has 2 aromatic carbocycles. The predicted molar refractivity (Wildman–Crippen MR) is 94.1 cm³/mol. The summed E-state index contributed by atoms with van der Waals surface area (Å²) in [7, 11) is -3.53. The van der Waals surface area contributed by atoms with Crippen LogP contribution in [-0.2, 0) is 27.8 Å². The van der Waals surface area contributed by atoms with E-state index < -0.39 is 10.0 Å². The van der Waals surface area contributed by atoms with Crippen LogP contribution in [0.4, 0.5) is 10.1 Å². The highest BCUT2D eigenvalue weighted by molar-refractivity contribution is 7.92. The number of carbonyl (C=O) groups is 1. The Hall–Kier alpha value is -2.41. The molecule has 0 aromatic heterocycles. The van der Waals surface area contributed by atoms with Gasteiger partial charge in [0, 0.05) is 19.5 Å². The number of fused-ring (bicyclic) bond motifs is 1. The number of para-hydroxylation sites is 1. The summed E-state index contributed by atoms with van der Waals surface area (Å²) in [4.78, 5) is 11.9. The SMILES string of the molecule is O=C(CCS(=O)(=O)N1CCc2ccccc21)NCc1ccc(F)cc1. The molecule has 1 N–H and O–H groups in total. The van der Waals surface area contributed by atoms with Crippen molar-refractivity contribution >= 4 is 21.6 Å². The fourth-order valence-corrected chi connectivity index (χ4v) is 4.33. The van der Waals surface area contributed by atoms with Gasteiger partial charge in [-0.25, -0.2) is 12.8 Å². The number of amides is 1. The van der Waals surface area contributed by atoms with Crippen molar-refractivity contribution < 1.29 is 17.6 Å². The Labute approximate surface area is 146 Å². The summed E-state index contributed by atoms with van der Waals surface area (Å²) in [6.07, 6.45) is 0.578. The molecule has 0 spiro atoms. The molecular weight excluding hydrogens is 343 g/mol. The van der Waals surface area contributed by atoms with Crippen LogP contribution in [-0.4, -0.2) is 26.6 Å². The van der Waals surface area contributed by atoms with Gasteiger partial charge in [0.2, 0.25) is 15.9 Å². The van der Waals surface area contributed by atoms with E-state index in [1.165, 1.54) is 16.4 Å². The van der Waals surface area contributed by atoms with E-state index in [1.54, 1.807) is 18.2 Å². The van der Waals surface area contributed by atoms with E-state index >= 15 is 0 Å². The largest absolute Gasteiger partial charge is 0.352 e. The van der Waals surface area contributed by atoms with Crippen molar-refractivity contribution in [3.8, 4) is 0 Å². The highest BCUT2D eigenvalue weighted by Gasteiger charge is 2.29. The van der Waals surface area contributed by atoms with Gasteiger partial charge < -0.3 is 5.32 Å². The van der Waals surface area contributed by atoms with Gasteiger partial charge in [-0.2, -0.15) is 0 Å². The molecule has 1 aliphatic heterocycles. The van der Waals surface area contributed by atoms with Crippen molar-refractivity contribution in [2.24, 2.45) is 0 Å². The number of benzene rings is 2. The zero-order chi connectivity index (χ0) is 17.9. The average molecular weight is 362 g/mol. The highest BCUT2D eigenvalue weighted by atomic mass is 32.2. The third-order valence-corrected chi connectivity index (χ3v) is 5.94. The highest BCUT2D eigenvalue weighted by Crippen LogP contribution is 2.30. The van der Waals surface area contributed by atoms with E-state index in [2.05, 4.69) is 5.32 Å². The second kappa shape index (κ2) is 7.23. The Kier molecular flexibility index (Phi) is 5.03. The van der Waals surface area contributed by atoms with Crippen LogP contribution >= 0.6 is 0 Å². The molecule has 1 aliphatic rings. The van der Waals surface area contributed by atoms with Gasteiger partial charge in [-0.1, -0.05) is 30.3 Å². The van der Waals surface area contributed by atoms with Crippen LogP contribution in [0, 0.1) is 5.82 Å². The lowest BCUT2D eigenvalue weighted by Crippen LogP contribution is -2.34. The lowest BCUT2D eigenvalue weighted by Gasteiger charge is -2.19. The van der Waals surface area contributed by atoms with E-state index in [9.17, 15) is 17.6 Å². The molecule has 1 heterocycles. The molecule has 0 aliphatic carbocycles. The fourth-order valence-electron chi connectivity index (χ4n) is 2.82. The summed E-state index contributed by atoms with van der Waals surface area (Å²) in [5.74, 6) is -0.927. The summed E-state index contributed by atoms with van der Waals surface area (Å²) in [6, 6.07) is 13.2. The van der Waals surface area contributed by atoms with Gasteiger partial charge >= 0.3 is 0 Å². The number of nitrogens with zero attached hydrogens (tertiary/aromatic N) is 1. The number of rotatable bonds is 6. The van der Waals surface area contributed by atoms with Crippen LogP contribution in [0.5, 0.6) is 0 Å². The maximum absolute atomic E-state index is 12.8. The van der Waals surface area contributed by atoms with Gasteiger partial charge in [0.25, 0.3) is 0 Å². The second-order valence-electron chi connectivity index (χ2n) is 5.92. The first-order valence-corrected chi connectivity index (χ1v) is 9.66. The fraction of sp³-hybridized carbons (Fsp3) is 0.278. The van der Waals surface area contributed by atoms with E-state index in [0.717, 1.165) is 11.1 Å². The van der Waals surface area contributed by atoms with Gasteiger partial charge in [0.15, 0.2) is 0 Å². The van der Waals surface area contributed by atoms with E-state index in [4.69, 9.17) is 0 Å². The molecule has 0 saturated carbocycles. The summed E-state index contributed by atoms with van der Waals surface area (Å²) in [5.41, 5.74) is 2.46. The molecule has 0 atom stereocenters. The van der Waals surface area contributed by atoms with Crippen molar-refractivity contribution in [3.05, 3.63) is 65.5 Å². The van der Waals surface area contributed by atoms with Crippen LogP contribution < -0.4 is 9.62 Å². The first kappa shape index (κ1) is 17.4. The number of carbonyl (C=O) groups excluding carboxylic acids is 1. The molecule has 5 nitrogen and oxygen atoms in total. The van der Waals surface area contributed by atoms with E-state index in [-0.39, 0.29) is 30.4 Å². The molecule has 0 unspecified atom stereocenters. The van der Waals surface area contributed by atoms with E-state index in [1.807, 2.05) is 18.2 Å². The summed E-state index contributed by atoms with van der Waals surface area (Å²) in [5, 5.41) is 2.66. The summed E-state index contributed by atoms with van der Waals surface area (Å²) in [6.45, 7) is 0.657. The lowest BCUT2D eigenvalue weighted by atomic mass is 10.2. The first-order chi connectivity index (χ1) is 12.0. The Morgan fingerprint density at radius 2 is 1.84 bits per heavy atom. The normalized spacial score (nSPS) is 13.6. The number of hydrogen-bond acceptors (Lipinski definition) is 3. The van der Waals surface area contributed by atoms with Gasteiger partial charge in [0.05, 0.1) is 11.4 Å². The van der Waals surface area contributed by atoms with Gasteiger partial charge in [0.1, 0.15) is 5.82 Å². The number of nitrogens with one attached hydrogen (secondary N) is 1. The average Bonchev–Trinajstić information content (AvgIpc) is 3.04. The van der Waals surface area contributed by atoms with Crippen LogP contribution in [0.1, 0.15) is 17.5 Å². The lowest BCUT2D eigenvalue weighted by molar-refractivity contribution is -0.120. The summed E-state index contributed by atoms with van der Waals surface area (Å²) >= 11 is 0. The van der Waals surface area contributed by atoms with Gasteiger partial charge in [-0.05, 0) is 35.7 Å². The zero-order valence-corrected chi connectivity index (χ0v) is 14.4. The topological polar surface area (TPSA) is 66.5 Å². The Balaban J connectivity index is 1.54. The molecule has 25 heavy (non-hydrogen) atoms. The Morgan fingerprint density at radius 3 is 2.60 bits per heavy atom. The van der Waals surface area contributed by atoms with Gasteiger partial charge in [-0.15, -0.1) is 0 Å². The maximum Gasteiger partial charge on any atom is 0.235 e. The molecule has 2 aromatic rings. The zero-order valence-electron chi connectivity index (χ0n) is 13.6. The molecule has 7 heteroatoms. The smallest absolute Gasteiger partial charge is 0.235 e. The molecule has 0 fully saturated rings. The Morgan fingerprint density at radius 1 is 1.12 bits per heavy atom. The van der Waals surface area contributed by atoms with Crippen LogP contribution in [0.3, 0.4) is 0 Å². The molecule has 1 amide bonds. The number of anilines is 1. The Bertz CT molecular complexity index is 866. The van der Waals surface area contributed by atoms with Crippen molar-refractivity contribution in [3.63, 3.8) is 0 Å². The molecular formula is C18H19FN2O3S. The maximum atomic E-state index is 12.8. The molecule has 132 valence electrons. The van der Waals surface area contributed by atoms with Crippen molar-refractivity contribution in [1.29, 1.82) is 0 Å².